The van der Waals surface area contributed by atoms with Gasteiger partial charge in [-0.3, -0.25) is 19.4 Å². The maximum absolute atomic E-state index is 12.5. The smallest absolute Gasteiger partial charge is 0.258 e. The molecule has 5 N–H and O–H groups in total. The van der Waals surface area contributed by atoms with Crippen molar-refractivity contribution in [3.63, 3.8) is 0 Å². The van der Waals surface area contributed by atoms with Gasteiger partial charge in [-0.2, -0.15) is 0 Å². The van der Waals surface area contributed by atoms with E-state index < -0.39 is 29.3 Å². The Morgan fingerprint density at radius 2 is 1.57 bits per heavy atom. The zero-order chi connectivity index (χ0) is 22.1. The molecule has 1 aliphatic rings. The molecule has 2 aromatic carbocycles. The molecule has 1 aliphatic heterocycles. The summed E-state index contributed by atoms with van der Waals surface area (Å²) in [5.74, 6) is -1.71. The second-order valence-electron chi connectivity index (χ2n) is 6.66. The van der Waals surface area contributed by atoms with Crippen LogP contribution in [0, 0.1) is 0 Å². The molecule has 0 saturated carbocycles. The number of aliphatic imine (C=N–C) groups is 1. The molecule has 0 aromatic heterocycles. The van der Waals surface area contributed by atoms with Crippen molar-refractivity contribution >= 4 is 70.2 Å². The van der Waals surface area contributed by atoms with E-state index in [1.807, 2.05) is 0 Å². The van der Waals surface area contributed by atoms with E-state index in [4.69, 9.17) is 40.5 Å². The summed E-state index contributed by atoms with van der Waals surface area (Å²) in [6, 6.07) is 8.14. The first-order valence-corrected chi connectivity index (χ1v) is 9.71. The van der Waals surface area contributed by atoms with Gasteiger partial charge in [0, 0.05) is 16.4 Å². The van der Waals surface area contributed by atoms with Crippen molar-refractivity contribution < 1.29 is 14.4 Å². The second-order valence-corrected chi connectivity index (χ2v) is 7.91. The first kappa shape index (κ1) is 21.9. The van der Waals surface area contributed by atoms with Gasteiger partial charge in [0.25, 0.3) is 11.8 Å². The van der Waals surface area contributed by atoms with E-state index in [2.05, 4.69) is 20.9 Å². The molecule has 0 aliphatic carbocycles. The minimum Gasteiger partial charge on any atom is -0.368 e. The number of primary amides is 1. The minimum atomic E-state index is -1.31. The summed E-state index contributed by atoms with van der Waals surface area (Å²) in [5.41, 5.74) is 5.04. The maximum atomic E-state index is 12.5. The van der Waals surface area contributed by atoms with E-state index >= 15 is 0 Å². The lowest BCUT2D eigenvalue weighted by Gasteiger charge is -2.26. The molecule has 11 heteroatoms. The van der Waals surface area contributed by atoms with Crippen LogP contribution in [0.4, 0.5) is 11.4 Å². The molecule has 2 atom stereocenters. The monoisotopic (exact) mass is 467 g/mol. The summed E-state index contributed by atoms with van der Waals surface area (Å²) < 4.78 is 0. The third-order valence-corrected chi connectivity index (χ3v) is 5.35. The van der Waals surface area contributed by atoms with Crippen LogP contribution in [0.25, 0.3) is 0 Å². The molecule has 0 saturated heterocycles. The van der Waals surface area contributed by atoms with Gasteiger partial charge in [-0.25, -0.2) is 0 Å². The first-order chi connectivity index (χ1) is 14.1. The molecule has 0 radical (unpaired) electrons. The number of anilines is 2. The normalized spacial score (nSPS) is 19.8. The van der Waals surface area contributed by atoms with Crippen LogP contribution >= 0.6 is 34.8 Å². The minimum absolute atomic E-state index is 0.0949. The van der Waals surface area contributed by atoms with E-state index in [1.54, 1.807) is 24.3 Å². The van der Waals surface area contributed by atoms with Gasteiger partial charge in [0.15, 0.2) is 6.04 Å². The molecular weight excluding hydrogens is 453 g/mol. The number of hydrogen-bond donors (Lipinski definition) is 4. The summed E-state index contributed by atoms with van der Waals surface area (Å²) in [6.45, 7) is 1.50. The van der Waals surface area contributed by atoms with Gasteiger partial charge in [-0.05, 0) is 43.3 Å². The molecule has 0 spiro atoms. The number of benzene rings is 2. The second kappa shape index (κ2) is 8.51. The van der Waals surface area contributed by atoms with Crippen molar-refractivity contribution in [3.05, 3.63) is 57.0 Å². The quantitative estimate of drug-likeness (QED) is 0.538. The molecule has 0 bridgehead atoms. The molecule has 2 aromatic rings. The van der Waals surface area contributed by atoms with Gasteiger partial charge in [-0.15, -0.1) is 0 Å². The standard InChI is InChI=1S/C19H16Cl3N5O3/c1-19(18(23)30)15(24-8-25-19)17(29)27-11-4-2-10(3-5-11)26-16(28)14-12(21)6-9(20)7-13(14)22/h2-8,15H,1H3,(H2,23,30)(H,24,25)(H,26,28)(H,27,29). The summed E-state index contributed by atoms with van der Waals surface area (Å²) in [4.78, 5) is 40.6. The van der Waals surface area contributed by atoms with E-state index in [9.17, 15) is 14.4 Å². The molecule has 8 nitrogen and oxygen atoms in total. The van der Waals surface area contributed by atoms with E-state index in [-0.39, 0.29) is 15.6 Å². The highest BCUT2D eigenvalue weighted by Crippen LogP contribution is 2.30. The van der Waals surface area contributed by atoms with Crippen LogP contribution in [-0.2, 0) is 9.59 Å². The van der Waals surface area contributed by atoms with Crippen molar-refractivity contribution in [2.24, 2.45) is 10.7 Å². The predicted molar refractivity (Wildman–Crippen MR) is 118 cm³/mol. The van der Waals surface area contributed by atoms with Crippen molar-refractivity contribution in [3.8, 4) is 0 Å². The number of halogens is 3. The van der Waals surface area contributed by atoms with Crippen molar-refractivity contribution in [2.45, 2.75) is 18.5 Å². The number of amides is 3. The number of nitrogens with two attached hydrogens (primary N) is 1. The largest absolute Gasteiger partial charge is 0.368 e. The molecular formula is C19H16Cl3N5O3. The lowest BCUT2D eigenvalue weighted by molar-refractivity contribution is -0.128. The molecule has 156 valence electrons. The van der Waals surface area contributed by atoms with Crippen LogP contribution in [0.5, 0.6) is 0 Å². The van der Waals surface area contributed by atoms with Crippen LogP contribution in [0.15, 0.2) is 41.4 Å². The number of hydrogen-bond acceptors (Lipinski definition) is 5. The Morgan fingerprint density at radius 3 is 2.10 bits per heavy atom. The van der Waals surface area contributed by atoms with E-state index in [0.29, 0.717) is 16.4 Å². The average molecular weight is 469 g/mol. The predicted octanol–water partition coefficient (Wildman–Crippen LogP) is 3.08. The lowest BCUT2D eigenvalue weighted by atomic mass is 9.92. The van der Waals surface area contributed by atoms with Crippen LogP contribution in [0.3, 0.4) is 0 Å². The molecule has 2 unspecified atom stereocenters. The van der Waals surface area contributed by atoms with Crippen molar-refractivity contribution in [1.82, 2.24) is 5.32 Å². The summed E-state index contributed by atoms with van der Waals surface area (Å²) >= 11 is 18.0. The van der Waals surface area contributed by atoms with Gasteiger partial charge in [-0.1, -0.05) is 34.8 Å². The Bertz CT molecular complexity index is 1030. The number of carbonyl (C=O) groups excluding carboxylic acids is 3. The summed E-state index contributed by atoms with van der Waals surface area (Å²) in [7, 11) is 0. The summed E-state index contributed by atoms with van der Waals surface area (Å²) in [6.07, 6.45) is 1.28. The molecule has 30 heavy (non-hydrogen) atoms. The van der Waals surface area contributed by atoms with Crippen LogP contribution in [-0.4, -0.2) is 35.6 Å². The Morgan fingerprint density at radius 1 is 1.03 bits per heavy atom. The fourth-order valence-corrected chi connectivity index (χ4v) is 3.80. The average Bonchev–Trinajstić information content (AvgIpc) is 3.06. The Hall–Kier alpha value is -2.81. The zero-order valence-electron chi connectivity index (χ0n) is 15.5. The van der Waals surface area contributed by atoms with Gasteiger partial charge < -0.3 is 21.7 Å². The third-order valence-electron chi connectivity index (χ3n) is 4.54. The SMILES string of the molecule is CC1(C(N)=O)NC=NC1C(=O)Nc1ccc(NC(=O)c2c(Cl)cc(Cl)cc2Cl)cc1. The van der Waals surface area contributed by atoms with Crippen LogP contribution in [0.1, 0.15) is 17.3 Å². The molecule has 1 heterocycles. The van der Waals surface area contributed by atoms with Crippen molar-refractivity contribution in [2.75, 3.05) is 10.6 Å². The lowest BCUT2D eigenvalue weighted by Crippen LogP contribution is -2.59. The number of carbonyl (C=O) groups is 3. The Kier molecular flexibility index (Phi) is 6.21. The topological polar surface area (TPSA) is 126 Å². The fraction of sp³-hybridized carbons (Fsp3) is 0.158. The van der Waals surface area contributed by atoms with Crippen LogP contribution < -0.4 is 21.7 Å². The van der Waals surface area contributed by atoms with Gasteiger partial charge in [0.1, 0.15) is 5.54 Å². The molecule has 0 fully saturated rings. The molecule has 3 rings (SSSR count). The van der Waals surface area contributed by atoms with Crippen molar-refractivity contribution in [1.29, 1.82) is 0 Å². The van der Waals surface area contributed by atoms with Gasteiger partial charge in [0.2, 0.25) is 5.91 Å². The molecule has 3 amide bonds. The van der Waals surface area contributed by atoms with Gasteiger partial charge >= 0.3 is 0 Å². The highest BCUT2D eigenvalue weighted by atomic mass is 35.5. The number of nitrogens with zero attached hydrogens (tertiary/aromatic N) is 1. The number of rotatable bonds is 5. The highest BCUT2D eigenvalue weighted by molar-refractivity contribution is 6.42. The van der Waals surface area contributed by atoms with E-state index in [1.165, 1.54) is 25.4 Å². The van der Waals surface area contributed by atoms with Crippen LogP contribution in [0.2, 0.25) is 15.1 Å². The third kappa shape index (κ3) is 4.35. The Balaban J connectivity index is 1.69. The number of nitrogens with one attached hydrogen (secondary N) is 3. The van der Waals surface area contributed by atoms with Gasteiger partial charge in [0.05, 0.1) is 21.9 Å². The highest BCUT2D eigenvalue weighted by Gasteiger charge is 2.46. The Labute approximate surface area is 186 Å². The maximum Gasteiger partial charge on any atom is 0.258 e. The summed E-state index contributed by atoms with van der Waals surface area (Å²) in [5, 5.41) is 8.59. The fourth-order valence-electron chi connectivity index (χ4n) is 2.81. The van der Waals surface area contributed by atoms with E-state index in [0.717, 1.165) is 0 Å². The zero-order valence-corrected chi connectivity index (χ0v) is 17.8. The first-order valence-electron chi connectivity index (χ1n) is 8.58.